The van der Waals surface area contributed by atoms with Crippen LogP contribution in [0.3, 0.4) is 0 Å². The van der Waals surface area contributed by atoms with Crippen molar-refractivity contribution in [3.05, 3.63) is 34.1 Å². The van der Waals surface area contributed by atoms with Crippen molar-refractivity contribution < 1.29 is 14.6 Å². The SMILES string of the molecule is COc1cc(N2CCCN(C)CC2)c2c(c1)c(=O)cc(C(=O)O)n2N. The Hall–Kier alpha value is -2.74. The molecule has 0 atom stereocenters. The van der Waals surface area contributed by atoms with Crippen molar-refractivity contribution in [3.8, 4) is 5.75 Å². The van der Waals surface area contributed by atoms with Gasteiger partial charge in [-0.3, -0.25) is 9.47 Å². The summed E-state index contributed by atoms with van der Waals surface area (Å²) in [6.07, 6.45) is 0.961. The summed E-state index contributed by atoms with van der Waals surface area (Å²) >= 11 is 0. The summed E-state index contributed by atoms with van der Waals surface area (Å²) < 4.78 is 6.42. The summed E-state index contributed by atoms with van der Waals surface area (Å²) in [6.45, 7) is 3.39. The second-order valence-electron chi connectivity index (χ2n) is 6.26. The van der Waals surface area contributed by atoms with E-state index >= 15 is 0 Å². The van der Waals surface area contributed by atoms with E-state index in [1.54, 1.807) is 6.07 Å². The molecule has 3 rings (SSSR count). The number of nitrogen functional groups attached to an aromatic ring is 1. The molecule has 1 aromatic carbocycles. The van der Waals surface area contributed by atoms with Gasteiger partial charge in [0.25, 0.3) is 0 Å². The Balaban J connectivity index is 2.28. The average Bonchev–Trinajstić information content (AvgIpc) is 2.81. The van der Waals surface area contributed by atoms with Crippen molar-refractivity contribution in [1.82, 2.24) is 9.58 Å². The highest BCUT2D eigenvalue weighted by molar-refractivity contribution is 5.97. The van der Waals surface area contributed by atoms with Crippen LogP contribution in [0.5, 0.6) is 5.75 Å². The number of fused-ring (bicyclic) bond motifs is 1. The summed E-state index contributed by atoms with van der Waals surface area (Å²) in [5.41, 5.74) is 0.500. The van der Waals surface area contributed by atoms with E-state index in [9.17, 15) is 14.7 Å². The Labute approximate surface area is 145 Å². The number of benzene rings is 1. The van der Waals surface area contributed by atoms with E-state index in [0.29, 0.717) is 22.3 Å². The molecule has 0 saturated carbocycles. The minimum Gasteiger partial charge on any atom is -0.497 e. The van der Waals surface area contributed by atoms with Gasteiger partial charge in [0.05, 0.1) is 23.7 Å². The molecule has 0 radical (unpaired) electrons. The van der Waals surface area contributed by atoms with Gasteiger partial charge in [-0.2, -0.15) is 0 Å². The lowest BCUT2D eigenvalue weighted by Gasteiger charge is -2.26. The maximum atomic E-state index is 12.5. The molecule has 2 aromatic rings. The Morgan fingerprint density at radius 2 is 1.96 bits per heavy atom. The van der Waals surface area contributed by atoms with Gasteiger partial charge < -0.3 is 25.5 Å². The predicted octanol–water partition coefficient (Wildman–Crippen LogP) is 0.564. The third-order valence-electron chi connectivity index (χ3n) is 4.61. The predicted molar refractivity (Wildman–Crippen MR) is 96.2 cm³/mol. The quantitative estimate of drug-likeness (QED) is 0.783. The number of anilines is 1. The number of nitrogens with two attached hydrogens (primary N) is 1. The van der Waals surface area contributed by atoms with Crippen molar-refractivity contribution in [2.24, 2.45) is 0 Å². The monoisotopic (exact) mass is 346 g/mol. The zero-order valence-electron chi connectivity index (χ0n) is 14.4. The molecule has 2 heterocycles. The molecule has 1 fully saturated rings. The van der Waals surface area contributed by atoms with Gasteiger partial charge in [0, 0.05) is 31.8 Å². The third kappa shape index (κ3) is 3.12. The van der Waals surface area contributed by atoms with E-state index in [2.05, 4.69) is 16.8 Å². The number of methoxy groups -OCH3 is 1. The maximum absolute atomic E-state index is 12.5. The molecular formula is C17H22N4O4. The van der Waals surface area contributed by atoms with E-state index < -0.39 is 5.97 Å². The lowest BCUT2D eigenvalue weighted by molar-refractivity contribution is 0.0687. The lowest BCUT2D eigenvalue weighted by atomic mass is 10.1. The van der Waals surface area contributed by atoms with Crippen LogP contribution in [0.25, 0.3) is 10.9 Å². The summed E-state index contributed by atoms with van der Waals surface area (Å²) in [7, 11) is 3.60. The molecule has 25 heavy (non-hydrogen) atoms. The van der Waals surface area contributed by atoms with Gasteiger partial charge >= 0.3 is 5.97 Å². The van der Waals surface area contributed by atoms with Crippen LogP contribution in [0.1, 0.15) is 16.9 Å². The second-order valence-corrected chi connectivity index (χ2v) is 6.26. The number of carboxylic acid groups (broad SMARTS) is 1. The normalized spacial score (nSPS) is 16.0. The number of aromatic nitrogens is 1. The lowest BCUT2D eigenvalue weighted by Crippen LogP contribution is -2.31. The molecule has 134 valence electrons. The molecule has 0 aliphatic carbocycles. The average molecular weight is 346 g/mol. The molecule has 0 amide bonds. The van der Waals surface area contributed by atoms with Crippen molar-refractivity contribution in [2.75, 3.05) is 51.1 Å². The van der Waals surface area contributed by atoms with Gasteiger partial charge in [-0.15, -0.1) is 0 Å². The Kier molecular flexibility index (Phi) is 4.54. The first-order valence-corrected chi connectivity index (χ1v) is 8.12. The van der Waals surface area contributed by atoms with Gasteiger partial charge in [0.2, 0.25) is 0 Å². The van der Waals surface area contributed by atoms with Crippen molar-refractivity contribution in [3.63, 3.8) is 0 Å². The highest BCUT2D eigenvalue weighted by atomic mass is 16.5. The van der Waals surface area contributed by atoms with Gasteiger partial charge in [-0.05, 0) is 26.1 Å². The molecule has 1 saturated heterocycles. The van der Waals surface area contributed by atoms with Crippen LogP contribution < -0.4 is 20.9 Å². The third-order valence-corrected chi connectivity index (χ3v) is 4.61. The summed E-state index contributed by atoms with van der Waals surface area (Å²) in [5.74, 6) is 5.38. The van der Waals surface area contributed by atoms with Crippen LogP contribution in [-0.4, -0.2) is 61.0 Å². The highest BCUT2D eigenvalue weighted by Crippen LogP contribution is 2.31. The van der Waals surface area contributed by atoms with Crippen LogP contribution >= 0.6 is 0 Å². The Morgan fingerprint density at radius 3 is 2.64 bits per heavy atom. The van der Waals surface area contributed by atoms with Crippen LogP contribution in [0.4, 0.5) is 5.69 Å². The number of nitrogens with zero attached hydrogens (tertiary/aromatic N) is 3. The molecule has 3 N–H and O–H groups in total. The van der Waals surface area contributed by atoms with E-state index in [0.717, 1.165) is 43.3 Å². The fraction of sp³-hybridized carbons (Fsp3) is 0.412. The van der Waals surface area contributed by atoms with Crippen LogP contribution in [0.2, 0.25) is 0 Å². The van der Waals surface area contributed by atoms with Crippen LogP contribution in [0, 0.1) is 0 Å². The van der Waals surface area contributed by atoms with E-state index in [4.69, 9.17) is 10.6 Å². The Morgan fingerprint density at radius 1 is 1.20 bits per heavy atom. The Bertz CT molecular complexity index is 877. The second kappa shape index (κ2) is 6.64. The topological polar surface area (TPSA) is 101 Å². The van der Waals surface area contributed by atoms with Gasteiger partial charge in [0.1, 0.15) is 5.75 Å². The van der Waals surface area contributed by atoms with Crippen LogP contribution in [-0.2, 0) is 0 Å². The summed E-state index contributed by atoms with van der Waals surface area (Å²) in [4.78, 5) is 28.3. The first-order valence-electron chi connectivity index (χ1n) is 8.12. The zero-order valence-corrected chi connectivity index (χ0v) is 14.4. The highest BCUT2D eigenvalue weighted by Gasteiger charge is 2.21. The molecule has 1 aliphatic heterocycles. The number of hydrogen-bond acceptors (Lipinski definition) is 6. The first kappa shape index (κ1) is 17.1. The minimum atomic E-state index is -1.24. The van der Waals surface area contributed by atoms with E-state index in [-0.39, 0.29) is 11.1 Å². The number of carboxylic acids is 1. The molecular weight excluding hydrogens is 324 g/mol. The number of hydrogen-bond donors (Lipinski definition) is 2. The fourth-order valence-electron chi connectivity index (χ4n) is 3.24. The number of likely N-dealkylation sites (N-methyl/N-ethyl adjacent to an activating group) is 1. The number of rotatable bonds is 3. The summed E-state index contributed by atoms with van der Waals surface area (Å²) in [6, 6.07) is 4.45. The molecule has 1 aliphatic rings. The maximum Gasteiger partial charge on any atom is 0.354 e. The largest absolute Gasteiger partial charge is 0.497 e. The molecule has 0 bridgehead atoms. The molecule has 1 aromatic heterocycles. The van der Waals surface area contributed by atoms with Gasteiger partial charge in [-0.25, -0.2) is 4.79 Å². The molecule has 8 nitrogen and oxygen atoms in total. The van der Waals surface area contributed by atoms with Crippen LogP contribution in [0.15, 0.2) is 23.0 Å². The number of aromatic carboxylic acids is 1. The van der Waals surface area contributed by atoms with E-state index in [1.807, 2.05) is 6.07 Å². The molecule has 8 heteroatoms. The zero-order chi connectivity index (χ0) is 18.1. The smallest absolute Gasteiger partial charge is 0.354 e. The number of carbonyl (C=O) groups is 1. The van der Waals surface area contributed by atoms with Gasteiger partial charge in [-0.1, -0.05) is 0 Å². The minimum absolute atomic E-state index is 0.240. The first-order chi connectivity index (χ1) is 11.9. The van der Waals surface area contributed by atoms with E-state index in [1.165, 1.54) is 7.11 Å². The van der Waals surface area contributed by atoms with Crippen molar-refractivity contribution in [1.29, 1.82) is 0 Å². The standard InChI is InChI=1S/C17H22N4O4/c1-19-4-3-5-20(7-6-19)13-9-11(25-2)8-12-15(22)10-14(17(23)24)21(18)16(12)13/h8-10H,3-7,18H2,1-2H3,(H,23,24). The summed E-state index contributed by atoms with van der Waals surface area (Å²) in [5, 5.41) is 9.69. The van der Waals surface area contributed by atoms with Crippen molar-refractivity contribution >= 4 is 22.6 Å². The molecule has 0 unspecified atom stereocenters. The number of ether oxygens (including phenoxy) is 1. The van der Waals surface area contributed by atoms with Gasteiger partial charge in [0.15, 0.2) is 11.1 Å². The van der Waals surface area contributed by atoms with Crippen molar-refractivity contribution in [2.45, 2.75) is 6.42 Å². The number of pyridine rings is 1. The molecule has 0 spiro atoms. The fourth-order valence-corrected chi connectivity index (χ4v) is 3.24.